The molecule has 2 aromatic rings. The maximum Gasteiger partial charge on any atom is 0.338 e. The minimum atomic E-state index is -0.773. The number of carbonyl (C=O) groups is 1. The summed E-state index contributed by atoms with van der Waals surface area (Å²) in [6.45, 7) is 4.83. The fourth-order valence-corrected chi connectivity index (χ4v) is 7.25. The van der Waals surface area contributed by atoms with Crippen molar-refractivity contribution in [1.82, 2.24) is 0 Å². The maximum absolute atomic E-state index is 13.0. The minimum absolute atomic E-state index is 0.153. The van der Waals surface area contributed by atoms with Crippen LogP contribution in [0.15, 0.2) is 47.4 Å². The standard InChI is InChI=1S/C25H35O3PS/c1-3-27-24(26)25(28-4-2,17-20-11-6-5-7-12-20)18-29-19-30-23-16-10-14-21-13-8-9-15-22(21)23/h8-10,13-16,20,29H,3-7,11-12,17-19H2,1-2H3. The van der Waals surface area contributed by atoms with Crippen LogP contribution in [-0.4, -0.2) is 36.4 Å². The number of rotatable bonds is 11. The topological polar surface area (TPSA) is 35.5 Å². The molecule has 0 amide bonds. The average Bonchev–Trinajstić information content (AvgIpc) is 2.77. The van der Waals surface area contributed by atoms with Crippen LogP contribution in [0.2, 0.25) is 0 Å². The predicted octanol–water partition coefficient (Wildman–Crippen LogP) is 6.88. The second kappa shape index (κ2) is 12.1. The van der Waals surface area contributed by atoms with Crippen molar-refractivity contribution < 1.29 is 14.3 Å². The fraction of sp³-hybridized carbons (Fsp3) is 0.560. The van der Waals surface area contributed by atoms with Crippen LogP contribution in [-0.2, 0) is 14.3 Å². The summed E-state index contributed by atoms with van der Waals surface area (Å²) in [4.78, 5) is 14.3. The van der Waals surface area contributed by atoms with Crippen LogP contribution in [0.3, 0.4) is 0 Å². The highest BCUT2D eigenvalue weighted by molar-refractivity contribution is 8.03. The first-order valence-corrected chi connectivity index (χ1v) is 13.7. The number of ether oxygens (including phenoxy) is 2. The van der Waals surface area contributed by atoms with Crippen molar-refractivity contribution in [3.63, 3.8) is 0 Å². The zero-order valence-corrected chi connectivity index (χ0v) is 20.1. The quantitative estimate of drug-likeness (QED) is 0.163. The number of fused-ring (bicyclic) bond motifs is 1. The molecule has 0 N–H and O–H groups in total. The molecule has 0 aliphatic heterocycles. The van der Waals surface area contributed by atoms with Crippen molar-refractivity contribution in [3.05, 3.63) is 42.5 Å². The van der Waals surface area contributed by atoms with Crippen LogP contribution in [0.4, 0.5) is 0 Å². The van der Waals surface area contributed by atoms with Gasteiger partial charge in [0.25, 0.3) is 0 Å². The van der Waals surface area contributed by atoms with Crippen molar-refractivity contribution in [3.8, 4) is 0 Å². The Morgan fingerprint density at radius 3 is 2.60 bits per heavy atom. The first-order valence-electron chi connectivity index (χ1n) is 11.3. The van der Waals surface area contributed by atoms with Gasteiger partial charge >= 0.3 is 5.97 Å². The monoisotopic (exact) mass is 446 g/mol. The lowest BCUT2D eigenvalue weighted by Crippen LogP contribution is -2.47. The summed E-state index contributed by atoms with van der Waals surface area (Å²) in [5, 5.41) is 2.58. The maximum atomic E-state index is 13.0. The summed E-state index contributed by atoms with van der Waals surface area (Å²) >= 11 is 1.88. The fourth-order valence-electron chi connectivity index (χ4n) is 4.50. The van der Waals surface area contributed by atoms with E-state index in [0.717, 1.165) is 18.1 Å². The molecule has 3 nitrogen and oxygen atoms in total. The van der Waals surface area contributed by atoms with Crippen LogP contribution in [0.25, 0.3) is 10.8 Å². The third-order valence-electron chi connectivity index (χ3n) is 5.90. The molecule has 3 rings (SSSR count). The molecule has 1 saturated carbocycles. The molecule has 1 aliphatic rings. The van der Waals surface area contributed by atoms with Crippen LogP contribution in [0.1, 0.15) is 52.4 Å². The molecule has 0 radical (unpaired) electrons. The second-order valence-electron chi connectivity index (χ2n) is 8.05. The molecule has 0 aromatic heterocycles. The van der Waals surface area contributed by atoms with Gasteiger partial charge in [0.05, 0.1) is 6.61 Å². The summed E-state index contributed by atoms with van der Waals surface area (Å²) in [5.41, 5.74) is 0.220. The largest absolute Gasteiger partial charge is 0.464 e. The number of carbonyl (C=O) groups excluding carboxylic acids is 1. The molecule has 2 unspecified atom stereocenters. The summed E-state index contributed by atoms with van der Waals surface area (Å²) in [5.74, 6) is 0.422. The van der Waals surface area contributed by atoms with E-state index in [-0.39, 0.29) is 5.97 Å². The number of benzene rings is 2. The molecule has 0 bridgehead atoms. The van der Waals surface area contributed by atoms with Gasteiger partial charge in [-0.1, -0.05) is 68.5 Å². The van der Waals surface area contributed by atoms with Crippen molar-refractivity contribution in [2.24, 2.45) is 5.92 Å². The molecule has 2 atom stereocenters. The third-order valence-corrected chi connectivity index (χ3v) is 8.78. The Kier molecular flexibility index (Phi) is 9.49. The van der Waals surface area contributed by atoms with Crippen molar-refractivity contribution in [2.45, 2.75) is 62.9 Å². The lowest BCUT2D eigenvalue weighted by molar-refractivity contribution is -0.171. The third kappa shape index (κ3) is 6.22. The van der Waals surface area contributed by atoms with E-state index in [1.54, 1.807) is 0 Å². The Balaban J connectivity index is 1.66. The number of thioether (sulfide) groups is 1. The highest BCUT2D eigenvalue weighted by Crippen LogP contribution is 2.39. The Bertz CT molecular complexity index is 801. The molecule has 0 spiro atoms. The predicted molar refractivity (Wildman–Crippen MR) is 130 cm³/mol. The van der Waals surface area contributed by atoms with Gasteiger partial charge < -0.3 is 9.47 Å². The molecule has 164 valence electrons. The summed E-state index contributed by atoms with van der Waals surface area (Å²) < 4.78 is 11.7. The Labute approximate surface area is 187 Å². The molecule has 0 saturated heterocycles. The van der Waals surface area contributed by atoms with Crippen LogP contribution in [0, 0.1) is 5.92 Å². The first-order chi connectivity index (χ1) is 14.7. The normalized spacial score (nSPS) is 17.4. The van der Waals surface area contributed by atoms with Gasteiger partial charge in [0.2, 0.25) is 0 Å². The van der Waals surface area contributed by atoms with Gasteiger partial charge in [0.1, 0.15) is 0 Å². The summed E-state index contributed by atoms with van der Waals surface area (Å²) in [7, 11) is 0.645. The van der Waals surface area contributed by atoms with E-state index < -0.39 is 5.60 Å². The molecular formula is C25H35O3PS. The SMILES string of the molecule is CCOC(=O)C(CPCSc1cccc2ccccc12)(CC1CCCCC1)OCC. The van der Waals surface area contributed by atoms with E-state index in [2.05, 4.69) is 42.5 Å². The van der Waals surface area contributed by atoms with Crippen molar-refractivity contribution >= 4 is 37.1 Å². The molecule has 1 aliphatic carbocycles. The van der Waals surface area contributed by atoms with Gasteiger partial charge in [0.15, 0.2) is 5.60 Å². The van der Waals surface area contributed by atoms with E-state index in [0.29, 0.717) is 27.7 Å². The number of hydrogen-bond donors (Lipinski definition) is 0. The van der Waals surface area contributed by atoms with E-state index in [1.165, 1.54) is 47.8 Å². The molecule has 5 heteroatoms. The lowest BCUT2D eigenvalue weighted by Gasteiger charge is -2.35. The van der Waals surface area contributed by atoms with Crippen molar-refractivity contribution in [2.75, 3.05) is 24.9 Å². The average molecular weight is 447 g/mol. The summed E-state index contributed by atoms with van der Waals surface area (Å²) in [6.07, 6.45) is 7.86. The zero-order valence-electron chi connectivity index (χ0n) is 18.3. The van der Waals surface area contributed by atoms with E-state index in [1.807, 2.05) is 25.6 Å². The first kappa shape index (κ1) is 23.6. The van der Waals surface area contributed by atoms with Gasteiger partial charge in [-0.3, -0.25) is 0 Å². The molecular weight excluding hydrogens is 411 g/mol. The highest BCUT2D eigenvalue weighted by atomic mass is 32.2. The molecule has 30 heavy (non-hydrogen) atoms. The van der Waals surface area contributed by atoms with Crippen molar-refractivity contribution in [1.29, 1.82) is 0 Å². The van der Waals surface area contributed by atoms with Gasteiger partial charge in [-0.25, -0.2) is 4.79 Å². The van der Waals surface area contributed by atoms with E-state index >= 15 is 0 Å². The highest BCUT2D eigenvalue weighted by Gasteiger charge is 2.42. The van der Waals surface area contributed by atoms with E-state index in [9.17, 15) is 4.79 Å². The Morgan fingerprint density at radius 2 is 1.83 bits per heavy atom. The number of esters is 1. The summed E-state index contributed by atoms with van der Waals surface area (Å²) in [6, 6.07) is 15.0. The van der Waals surface area contributed by atoms with Crippen LogP contribution in [0.5, 0.6) is 0 Å². The second-order valence-corrected chi connectivity index (χ2v) is 10.8. The van der Waals surface area contributed by atoms with Crippen LogP contribution < -0.4 is 0 Å². The van der Waals surface area contributed by atoms with E-state index in [4.69, 9.17) is 9.47 Å². The lowest BCUT2D eigenvalue weighted by atomic mass is 9.81. The molecule has 0 heterocycles. The zero-order chi connectivity index (χ0) is 21.2. The Morgan fingerprint density at radius 1 is 1.07 bits per heavy atom. The van der Waals surface area contributed by atoms with Gasteiger partial charge in [-0.05, 0) is 43.0 Å². The van der Waals surface area contributed by atoms with Gasteiger partial charge in [0, 0.05) is 23.2 Å². The smallest absolute Gasteiger partial charge is 0.338 e. The molecule has 1 fully saturated rings. The minimum Gasteiger partial charge on any atom is -0.464 e. The Hall–Kier alpha value is -1.09. The van der Waals surface area contributed by atoms with Gasteiger partial charge in [-0.2, -0.15) is 0 Å². The van der Waals surface area contributed by atoms with Crippen LogP contribution >= 0.6 is 20.3 Å². The van der Waals surface area contributed by atoms with Gasteiger partial charge in [-0.15, -0.1) is 20.3 Å². The molecule has 2 aromatic carbocycles. The number of hydrogen-bond acceptors (Lipinski definition) is 4.